The third-order valence-corrected chi connectivity index (χ3v) is 0.562. The van der Waals surface area contributed by atoms with E-state index < -0.39 is 0 Å². The summed E-state index contributed by atoms with van der Waals surface area (Å²) >= 11 is 0. The highest BCUT2D eigenvalue weighted by atomic mass is 15.3. The molecule has 0 amide bonds. The van der Waals surface area contributed by atoms with Gasteiger partial charge in [-0.3, -0.25) is 5.43 Å². The quantitative estimate of drug-likeness (QED) is 0.228. The molecule has 0 aromatic heterocycles. The van der Waals surface area contributed by atoms with Crippen LogP contribution in [0.2, 0.25) is 0 Å². The van der Waals surface area contributed by atoms with Crippen LogP contribution in [0.1, 0.15) is 0 Å². The normalized spacial score (nSPS) is 7.88. The fourth-order valence-electron chi connectivity index (χ4n) is 0.258. The lowest BCUT2D eigenvalue weighted by atomic mass is 10.6. The van der Waals surface area contributed by atoms with Crippen molar-refractivity contribution in [1.29, 1.82) is 0 Å². The molecule has 0 rings (SSSR count). The largest absolute Gasteiger partial charge is 0.253 e. The minimum atomic E-state index is 0.549. The molecule has 2 N–H and O–H groups in total. The lowest BCUT2D eigenvalue weighted by molar-refractivity contribution is 0.617. The maximum absolute atomic E-state index is 4.93. The fourth-order valence-corrected chi connectivity index (χ4v) is 0.258. The predicted octanol–water partition coefficient (Wildman–Crippen LogP) is -0.100. The highest BCUT2D eigenvalue weighted by molar-refractivity contribution is 4.85. The summed E-state index contributed by atoms with van der Waals surface area (Å²) in [5, 5.41) is 0. The average Bonchev–Trinajstić information content (AvgIpc) is 1.81. The molecule has 2 nitrogen and oxygen atoms in total. The first-order valence-electron chi connectivity index (χ1n) is 2.42. The molecule has 0 aromatic rings. The van der Waals surface area contributed by atoms with E-state index in [0.717, 1.165) is 6.54 Å². The summed E-state index contributed by atoms with van der Waals surface area (Å²) in [6, 6.07) is 0. The van der Waals surface area contributed by atoms with Crippen LogP contribution in [0.25, 0.3) is 0 Å². The molecule has 8 heavy (non-hydrogen) atoms. The molecule has 0 bridgehead atoms. The number of hydrogen-bond acceptors (Lipinski definition) is 2. The van der Waals surface area contributed by atoms with Crippen LogP contribution >= 0.6 is 0 Å². The predicted molar refractivity (Wildman–Crippen MR) is 35.0 cm³/mol. The molecule has 2 heteroatoms. The smallest absolute Gasteiger partial charge is 0.0709 e. The van der Waals surface area contributed by atoms with Gasteiger partial charge in [0.25, 0.3) is 0 Å². The van der Waals surface area contributed by atoms with Crippen LogP contribution in [0.3, 0.4) is 0 Å². The number of nitrogens with one attached hydrogen (secondary N) is 2. The van der Waals surface area contributed by atoms with E-state index in [9.17, 15) is 0 Å². The first-order valence-corrected chi connectivity index (χ1v) is 2.42. The van der Waals surface area contributed by atoms with Gasteiger partial charge >= 0.3 is 0 Å². The number of hydrogen-bond donors (Lipinski definition) is 2. The van der Waals surface area contributed by atoms with E-state index in [1.54, 1.807) is 6.08 Å². The average molecular weight is 110 g/mol. The zero-order valence-corrected chi connectivity index (χ0v) is 4.78. The second kappa shape index (κ2) is 6.22. The van der Waals surface area contributed by atoms with Crippen molar-refractivity contribution in [2.24, 2.45) is 0 Å². The molecular formula is C6H10N2. The molecule has 0 heterocycles. The first-order chi connectivity index (χ1) is 3.91. The molecule has 0 saturated heterocycles. The van der Waals surface area contributed by atoms with Gasteiger partial charge in [0.2, 0.25) is 0 Å². The van der Waals surface area contributed by atoms with Crippen molar-refractivity contribution in [3.05, 3.63) is 12.7 Å². The Morgan fingerprint density at radius 3 is 2.88 bits per heavy atom. The summed E-state index contributed by atoms with van der Waals surface area (Å²) < 4.78 is 0. The third-order valence-electron chi connectivity index (χ3n) is 0.562. The topological polar surface area (TPSA) is 24.1 Å². The van der Waals surface area contributed by atoms with Crippen LogP contribution in [0.15, 0.2) is 12.7 Å². The molecular weight excluding hydrogens is 100 g/mol. The van der Waals surface area contributed by atoms with E-state index in [0.29, 0.717) is 6.54 Å². The Kier molecular flexibility index (Phi) is 5.61. The van der Waals surface area contributed by atoms with Crippen molar-refractivity contribution in [1.82, 2.24) is 10.9 Å². The van der Waals surface area contributed by atoms with Crippen molar-refractivity contribution in [2.75, 3.05) is 13.1 Å². The van der Waals surface area contributed by atoms with Gasteiger partial charge in [-0.05, 0) is 0 Å². The first kappa shape index (κ1) is 7.22. The van der Waals surface area contributed by atoms with Gasteiger partial charge in [-0.1, -0.05) is 12.0 Å². The Hall–Kier alpha value is -0.780. The summed E-state index contributed by atoms with van der Waals surface area (Å²) in [4.78, 5) is 0. The zero-order valence-electron chi connectivity index (χ0n) is 4.78. The van der Waals surface area contributed by atoms with Crippen LogP contribution in [-0.2, 0) is 0 Å². The Morgan fingerprint density at radius 2 is 2.38 bits per heavy atom. The SMILES string of the molecule is C#CCNNCC=C. The van der Waals surface area contributed by atoms with Crippen molar-refractivity contribution >= 4 is 0 Å². The molecule has 0 aliphatic heterocycles. The van der Waals surface area contributed by atoms with Gasteiger partial charge in [-0.2, -0.15) is 0 Å². The van der Waals surface area contributed by atoms with Crippen LogP contribution in [0, 0.1) is 12.3 Å². The Bertz CT molecular complexity index is 91.2. The van der Waals surface area contributed by atoms with Gasteiger partial charge in [0, 0.05) is 6.54 Å². The maximum Gasteiger partial charge on any atom is 0.0709 e. The molecule has 0 atom stereocenters. The van der Waals surface area contributed by atoms with E-state index in [-0.39, 0.29) is 0 Å². The summed E-state index contributed by atoms with van der Waals surface area (Å²) in [5.74, 6) is 2.42. The van der Waals surface area contributed by atoms with Crippen molar-refractivity contribution in [2.45, 2.75) is 0 Å². The lowest BCUT2D eigenvalue weighted by Gasteiger charge is -1.96. The second-order valence-electron chi connectivity index (χ2n) is 1.23. The zero-order chi connectivity index (χ0) is 6.24. The summed E-state index contributed by atoms with van der Waals surface area (Å²) in [5.41, 5.74) is 5.60. The molecule has 0 aliphatic rings. The van der Waals surface area contributed by atoms with Crippen LogP contribution in [-0.4, -0.2) is 13.1 Å². The number of rotatable bonds is 4. The lowest BCUT2D eigenvalue weighted by Crippen LogP contribution is -2.31. The summed E-state index contributed by atoms with van der Waals surface area (Å²) in [7, 11) is 0. The van der Waals surface area contributed by atoms with Crippen molar-refractivity contribution < 1.29 is 0 Å². The highest BCUT2D eigenvalue weighted by Gasteiger charge is 1.72. The van der Waals surface area contributed by atoms with E-state index >= 15 is 0 Å². The van der Waals surface area contributed by atoms with Gasteiger partial charge in [-0.25, -0.2) is 5.43 Å². The molecule has 0 aliphatic carbocycles. The van der Waals surface area contributed by atoms with E-state index in [1.165, 1.54) is 0 Å². The van der Waals surface area contributed by atoms with Gasteiger partial charge in [0.15, 0.2) is 0 Å². The van der Waals surface area contributed by atoms with Crippen molar-refractivity contribution in [3.8, 4) is 12.3 Å². The number of hydrazine groups is 1. The fraction of sp³-hybridized carbons (Fsp3) is 0.333. The van der Waals surface area contributed by atoms with Gasteiger partial charge in [0.05, 0.1) is 6.54 Å². The third kappa shape index (κ3) is 5.22. The minimum Gasteiger partial charge on any atom is -0.253 e. The molecule has 0 spiro atoms. The number of terminal acetylenes is 1. The van der Waals surface area contributed by atoms with Gasteiger partial charge in [0.1, 0.15) is 0 Å². The minimum absolute atomic E-state index is 0.549. The Labute approximate surface area is 49.9 Å². The molecule has 44 valence electrons. The molecule has 0 fully saturated rings. The summed E-state index contributed by atoms with van der Waals surface area (Å²) in [6.45, 7) is 4.79. The molecule has 0 aromatic carbocycles. The van der Waals surface area contributed by atoms with Gasteiger partial charge in [-0.15, -0.1) is 13.0 Å². The van der Waals surface area contributed by atoms with Crippen LogP contribution < -0.4 is 10.9 Å². The van der Waals surface area contributed by atoms with E-state index in [4.69, 9.17) is 6.42 Å². The second-order valence-corrected chi connectivity index (χ2v) is 1.23. The van der Waals surface area contributed by atoms with Crippen LogP contribution in [0.4, 0.5) is 0 Å². The molecule has 0 unspecified atom stereocenters. The Morgan fingerprint density at radius 1 is 1.62 bits per heavy atom. The van der Waals surface area contributed by atoms with E-state index in [2.05, 4.69) is 23.4 Å². The monoisotopic (exact) mass is 110 g/mol. The summed E-state index contributed by atoms with van der Waals surface area (Å²) in [6.07, 6.45) is 6.69. The van der Waals surface area contributed by atoms with E-state index in [1.807, 2.05) is 0 Å². The standard InChI is InChI=1S/C6H10N2/c1-3-5-7-8-6-4-2/h1,4,7-8H,2,5-6H2. The van der Waals surface area contributed by atoms with Crippen LogP contribution in [0.5, 0.6) is 0 Å². The maximum atomic E-state index is 4.93. The van der Waals surface area contributed by atoms with Crippen molar-refractivity contribution in [3.63, 3.8) is 0 Å². The molecule has 0 saturated carbocycles. The highest BCUT2D eigenvalue weighted by Crippen LogP contribution is 1.52. The van der Waals surface area contributed by atoms with Gasteiger partial charge < -0.3 is 0 Å². The molecule has 0 radical (unpaired) electrons. The Balaban J connectivity index is 2.74.